The molecule has 1 amide bonds. The Hall–Kier alpha value is -4.00. The fraction of sp³-hybridized carbons (Fsp3) is 0.231. The van der Waals surface area contributed by atoms with Crippen LogP contribution in [-0.2, 0) is 13.0 Å². The normalized spacial score (nSPS) is 10.8. The summed E-state index contributed by atoms with van der Waals surface area (Å²) in [7, 11) is 5.02. The second-order valence-corrected chi connectivity index (χ2v) is 7.68. The number of rotatable bonds is 9. The number of hydrogen-bond donors (Lipinski definition) is 0. The molecule has 2 aromatic carbocycles. The third-order valence-electron chi connectivity index (χ3n) is 5.41. The highest BCUT2D eigenvalue weighted by Crippen LogP contribution is 2.27. The zero-order valence-electron chi connectivity index (χ0n) is 19.0. The molecule has 0 aliphatic carbocycles. The molecule has 0 fully saturated rings. The van der Waals surface area contributed by atoms with Gasteiger partial charge in [-0.25, -0.2) is 4.98 Å². The topological polar surface area (TPSA) is 65.3 Å². The third-order valence-corrected chi connectivity index (χ3v) is 5.41. The molecule has 0 aliphatic heterocycles. The van der Waals surface area contributed by atoms with E-state index in [1.54, 1.807) is 38.3 Å². The molecule has 170 valence electrons. The van der Waals surface area contributed by atoms with Crippen LogP contribution in [0.1, 0.15) is 21.6 Å². The first-order valence-electron chi connectivity index (χ1n) is 10.7. The monoisotopic (exact) mass is 445 g/mol. The van der Waals surface area contributed by atoms with Gasteiger partial charge < -0.3 is 23.5 Å². The van der Waals surface area contributed by atoms with Gasteiger partial charge in [0.05, 0.1) is 19.9 Å². The van der Waals surface area contributed by atoms with E-state index in [9.17, 15) is 4.79 Å². The molecule has 0 saturated heterocycles. The number of pyridine rings is 1. The molecule has 0 bridgehead atoms. The maximum atomic E-state index is 12.9. The predicted octanol–water partition coefficient (Wildman–Crippen LogP) is 4.25. The summed E-state index contributed by atoms with van der Waals surface area (Å²) in [6.45, 7) is 0.898. The quantitative estimate of drug-likeness (QED) is 0.385. The van der Waals surface area contributed by atoms with Crippen molar-refractivity contribution in [3.63, 3.8) is 0 Å². The fourth-order valence-electron chi connectivity index (χ4n) is 3.59. The van der Waals surface area contributed by atoms with E-state index < -0.39 is 0 Å². The van der Waals surface area contributed by atoms with Gasteiger partial charge in [0.2, 0.25) is 0 Å². The molecule has 4 rings (SSSR count). The molecule has 0 saturated carbocycles. The van der Waals surface area contributed by atoms with Crippen LogP contribution in [-0.4, -0.2) is 48.0 Å². The van der Waals surface area contributed by atoms with Gasteiger partial charge in [-0.2, -0.15) is 0 Å². The van der Waals surface area contributed by atoms with Crippen molar-refractivity contribution in [1.29, 1.82) is 0 Å². The predicted molar refractivity (Wildman–Crippen MR) is 126 cm³/mol. The zero-order chi connectivity index (χ0) is 23.2. The van der Waals surface area contributed by atoms with Crippen LogP contribution in [0.25, 0.3) is 5.65 Å². The summed E-state index contributed by atoms with van der Waals surface area (Å²) in [5.41, 5.74) is 3.34. The second kappa shape index (κ2) is 10.1. The first-order valence-corrected chi connectivity index (χ1v) is 10.7. The van der Waals surface area contributed by atoms with Crippen LogP contribution < -0.4 is 14.2 Å². The van der Waals surface area contributed by atoms with Crippen molar-refractivity contribution in [2.75, 3.05) is 27.8 Å². The molecule has 0 spiro atoms. The van der Waals surface area contributed by atoms with Crippen LogP contribution in [0.4, 0.5) is 0 Å². The standard InChI is InChI=1S/C26H27N3O4/c1-28(14-12-19-10-11-23(31-2)24(15-19)32-3)26(30)20-7-6-8-22(16-20)33-18-21-17-29-13-5-4-9-25(29)27-21/h4-11,13,15-17H,12,14,18H2,1-3H3. The van der Waals surface area contributed by atoms with Crippen molar-refractivity contribution in [2.45, 2.75) is 13.0 Å². The summed E-state index contributed by atoms with van der Waals surface area (Å²) in [5, 5.41) is 0. The van der Waals surface area contributed by atoms with Crippen molar-refractivity contribution in [1.82, 2.24) is 14.3 Å². The average Bonchev–Trinajstić information content (AvgIpc) is 3.28. The fourth-order valence-corrected chi connectivity index (χ4v) is 3.59. The molecule has 33 heavy (non-hydrogen) atoms. The summed E-state index contributed by atoms with van der Waals surface area (Å²) in [6, 6.07) is 18.9. The number of benzene rings is 2. The minimum absolute atomic E-state index is 0.0614. The first kappa shape index (κ1) is 22.2. The maximum absolute atomic E-state index is 12.9. The molecule has 7 heteroatoms. The summed E-state index contributed by atoms with van der Waals surface area (Å²) in [4.78, 5) is 19.2. The molecule has 0 aliphatic rings. The number of fused-ring (bicyclic) bond motifs is 1. The Bertz CT molecular complexity index is 1220. The van der Waals surface area contributed by atoms with Crippen LogP contribution in [0.3, 0.4) is 0 Å². The number of nitrogens with zero attached hydrogens (tertiary/aromatic N) is 3. The largest absolute Gasteiger partial charge is 0.493 e. The Balaban J connectivity index is 1.36. The minimum atomic E-state index is -0.0614. The van der Waals surface area contributed by atoms with Gasteiger partial charge in [-0.1, -0.05) is 18.2 Å². The Labute approximate surface area is 193 Å². The van der Waals surface area contributed by atoms with Crippen LogP contribution in [0.5, 0.6) is 17.2 Å². The van der Waals surface area contributed by atoms with Crippen molar-refractivity contribution >= 4 is 11.6 Å². The first-order chi connectivity index (χ1) is 16.1. The molecule has 0 N–H and O–H groups in total. The number of imidazole rings is 1. The smallest absolute Gasteiger partial charge is 0.253 e. The number of hydrogen-bond acceptors (Lipinski definition) is 5. The molecule has 0 atom stereocenters. The van der Waals surface area contributed by atoms with E-state index in [4.69, 9.17) is 14.2 Å². The van der Waals surface area contributed by atoms with Crippen LogP contribution in [0.15, 0.2) is 73.1 Å². The number of carbonyl (C=O) groups excluding carboxylic acids is 1. The van der Waals surface area contributed by atoms with Gasteiger partial charge in [0.15, 0.2) is 11.5 Å². The molecule has 4 aromatic rings. The van der Waals surface area contributed by atoms with E-state index >= 15 is 0 Å². The summed E-state index contributed by atoms with van der Waals surface area (Å²) >= 11 is 0. The lowest BCUT2D eigenvalue weighted by molar-refractivity contribution is 0.0796. The molecule has 2 heterocycles. The lowest BCUT2D eigenvalue weighted by Crippen LogP contribution is -2.28. The number of amides is 1. The molecule has 0 radical (unpaired) electrons. The van der Waals surface area contributed by atoms with E-state index in [0.717, 1.165) is 16.9 Å². The molecular weight excluding hydrogens is 418 g/mol. The number of ether oxygens (including phenoxy) is 3. The summed E-state index contributed by atoms with van der Waals surface area (Å²) in [6.07, 6.45) is 4.59. The Morgan fingerprint density at radius 1 is 1.00 bits per heavy atom. The highest BCUT2D eigenvalue weighted by atomic mass is 16.5. The van der Waals surface area contributed by atoms with Gasteiger partial charge >= 0.3 is 0 Å². The van der Waals surface area contributed by atoms with Gasteiger partial charge in [0.25, 0.3) is 5.91 Å². The Morgan fingerprint density at radius 3 is 2.64 bits per heavy atom. The molecule has 0 unspecified atom stereocenters. The SMILES string of the molecule is COc1ccc(CCN(C)C(=O)c2cccc(OCc3cn4ccccc4n3)c2)cc1OC. The number of methoxy groups -OCH3 is 2. The highest BCUT2D eigenvalue weighted by molar-refractivity contribution is 5.94. The lowest BCUT2D eigenvalue weighted by Gasteiger charge is -2.18. The zero-order valence-corrected chi connectivity index (χ0v) is 19.0. The van der Waals surface area contributed by atoms with Gasteiger partial charge in [0, 0.05) is 31.5 Å². The summed E-state index contributed by atoms with van der Waals surface area (Å²) < 4.78 is 18.5. The highest BCUT2D eigenvalue weighted by Gasteiger charge is 2.13. The van der Waals surface area contributed by atoms with E-state index in [0.29, 0.717) is 42.4 Å². The number of carbonyl (C=O) groups is 1. The average molecular weight is 446 g/mol. The molecule has 7 nitrogen and oxygen atoms in total. The third kappa shape index (κ3) is 5.26. The van der Waals surface area contributed by atoms with Gasteiger partial charge in [-0.3, -0.25) is 4.79 Å². The van der Waals surface area contributed by atoms with E-state index in [1.165, 1.54) is 0 Å². The number of aromatic nitrogens is 2. The number of likely N-dealkylation sites (N-methyl/N-ethyl adjacent to an activating group) is 1. The van der Waals surface area contributed by atoms with Gasteiger partial charge in [-0.15, -0.1) is 0 Å². The van der Waals surface area contributed by atoms with Crippen molar-refractivity contribution in [3.05, 3.63) is 89.9 Å². The van der Waals surface area contributed by atoms with Gasteiger partial charge in [0.1, 0.15) is 18.0 Å². The molecule has 2 aromatic heterocycles. The molecular formula is C26H27N3O4. The van der Waals surface area contributed by atoms with Crippen molar-refractivity contribution < 1.29 is 19.0 Å². The summed E-state index contributed by atoms with van der Waals surface area (Å²) in [5.74, 6) is 1.94. The van der Waals surface area contributed by atoms with Crippen LogP contribution in [0, 0.1) is 0 Å². The lowest BCUT2D eigenvalue weighted by atomic mass is 10.1. The van der Waals surface area contributed by atoms with E-state index in [1.807, 2.05) is 65.3 Å². The second-order valence-electron chi connectivity index (χ2n) is 7.68. The Kier molecular flexibility index (Phi) is 6.78. The van der Waals surface area contributed by atoms with Gasteiger partial charge in [-0.05, 0) is 54.4 Å². The van der Waals surface area contributed by atoms with Crippen LogP contribution >= 0.6 is 0 Å². The minimum Gasteiger partial charge on any atom is -0.493 e. The van der Waals surface area contributed by atoms with Crippen LogP contribution in [0.2, 0.25) is 0 Å². The van der Waals surface area contributed by atoms with Crippen molar-refractivity contribution in [2.24, 2.45) is 0 Å². The maximum Gasteiger partial charge on any atom is 0.253 e. The van der Waals surface area contributed by atoms with E-state index in [-0.39, 0.29) is 5.91 Å². The Morgan fingerprint density at radius 2 is 1.85 bits per heavy atom. The van der Waals surface area contributed by atoms with E-state index in [2.05, 4.69) is 4.98 Å². The van der Waals surface area contributed by atoms with Crippen molar-refractivity contribution in [3.8, 4) is 17.2 Å².